The van der Waals surface area contributed by atoms with Gasteiger partial charge in [-0.25, -0.2) is 13.1 Å². The summed E-state index contributed by atoms with van der Waals surface area (Å²) in [6, 6.07) is 0. The molecule has 2 atom stereocenters. The number of hydrogen-bond donors (Lipinski definition) is 2. The molecule has 1 aliphatic rings. The molecule has 0 saturated carbocycles. The van der Waals surface area contributed by atoms with Gasteiger partial charge in [-0.1, -0.05) is 6.92 Å². The second-order valence-electron chi connectivity index (χ2n) is 4.65. The molecule has 1 fully saturated rings. The molecule has 2 N–H and O–H groups in total. The van der Waals surface area contributed by atoms with Crippen LogP contribution in [0.3, 0.4) is 0 Å². The first-order valence-corrected chi connectivity index (χ1v) is 8.01. The molecule has 108 valence electrons. The summed E-state index contributed by atoms with van der Waals surface area (Å²) in [4.78, 5) is 2.26. The number of rotatable bonds is 7. The Hall–Kier alpha value is -0.210. The standard InChI is InChI=1S/C11H25N3O3S/c1-4-14-5-6-17-11(9-14)8-13-18(15,16)10(2)7-12-3/h10-13H,4-9H2,1-3H3. The van der Waals surface area contributed by atoms with Gasteiger partial charge in [-0.3, -0.25) is 4.90 Å². The molecule has 0 aliphatic carbocycles. The molecule has 1 rings (SSSR count). The Labute approximate surface area is 110 Å². The van der Waals surface area contributed by atoms with E-state index in [0.29, 0.717) is 19.7 Å². The highest BCUT2D eigenvalue weighted by molar-refractivity contribution is 7.90. The average molecular weight is 279 g/mol. The summed E-state index contributed by atoms with van der Waals surface area (Å²) < 4.78 is 32.0. The van der Waals surface area contributed by atoms with Crippen molar-refractivity contribution in [2.24, 2.45) is 0 Å². The van der Waals surface area contributed by atoms with E-state index >= 15 is 0 Å². The van der Waals surface area contributed by atoms with Crippen LogP contribution >= 0.6 is 0 Å². The van der Waals surface area contributed by atoms with Gasteiger partial charge in [-0.2, -0.15) is 0 Å². The van der Waals surface area contributed by atoms with Crippen molar-refractivity contribution < 1.29 is 13.2 Å². The summed E-state index contributed by atoms with van der Waals surface area (Å²) >= 11 is 0. The topological polar surface area (TPSA) is 70.7 Å². The highest BCUT2D eigenvalue weighted by Gasteiger charge is 2.24. The maximum Gasteiger partial charge on any atom is 0.215 e. The molecule has 0 amide bonds. The molecule has 0 spiro atoms. The van der Waals surface area contributed by atoms with E-state index in [0.717, 1.165) is 19.6 Å². The fourth-order valence-electron chi connectivity index (χ4n) is 1.94. The molecule has 0 aromatic rings. The van der Waals surface area contributed by atoms with Crippen LogP contribution in [0.5, 0.6) is 0 Å². The zero-order valence-electron chi connectivity index (χ0n) is 11.5. The number of sulfonamides is 1. The molecular formula is C11H25N3O3S. The lowest BCUT2D eigenvalue weighted by Crippen LogP contribution is -2.49. The van der Waals surface area contributed by atoms with Gasteiger partial charge in [0.15, 0.2) is 0 Å². The molecular weight excluding hydrogens is 254 g/mol. The first kappa shape index (κ1) is 15.8. The molecule has 18 heavy (non-hydrogen) atoms. The Morgan fingerprint density at radius 2 is 2.22 bits per heavy atom. The molecule has 1 heterocycles. The van der Waals surface area contributed by atoms with Crippen LogP contribution in [0.2, 0.25) is 0 Å². The van der Waals surface area contributed by atoms with E-state index in [-0.39, 0.29) is 6.10 Å². The van der Waals surface area contributed by atoms with E-state index in [2.05, 4.69) is 21.9 Å². The summed E-state index contributed by atoms with van der Waals surface area (Å²) in [5.41, 5.74) is 0. The summed E-state index contributed by atoms with van der Waals surface area (Å²) in [5, 5.41) is 2.43. The molecule has 0 aromatic heterocycles. The van der Waals surface area contributed by atoms with Gasteiger partial charge >= 0.3 is 0 Å². The largest absolute Gasteiger partial charge is 0.374 e. The van der Waals surface area contributed by atoms with E-state index in [1.807, 2.05) is 0 Å². The highest BCUT2D eigenvalue weighted by atomic mass is 32.2. The van der Waals surface area contributed by atoms with Crippen molar-refractivity contribution in [1.82, 2.24) is 14.9 Å². The minimum absolute atomic E-state index is 0.0461. The van der Waals surface area contributed by atoms with Gasteiger partial charge in [0.1, 0.15) is 0 Å². The van der Waals surface area contributed by atoms with Crippen LogP contribution in [0.1, 0.15) is 13.8 Å². The molecule has 0 radical (unpaired) electrons. The van der Waals surface area contributed by atoms with Gasteiger partial charge in [-0.15, -0.1) is 0 Å². The maximum absolute atomic E-state index is 11.9. The van der Waals surface area contributed by atoms with Gasteiger partial charge in [0, 0.05) is 26.2 Å². The number of morpholine rings is 1. The third kappa shape index (κ3) is 4.81. The van der Waals surface area contributed by atoms with E-state index in [4.69, 9.17) is 4.74 Å². The Kier molecular flexibility index (Phi) is 6.51. The van der Waals surface area contributed by atoms with Crippen LogP contribution in [0.15, 0.2) is 0 Å². The van der Waals surface area contributed by atoms with Gasteiger partial charge in [0.25, 0.3) is 0 Å². The first-order valence-electron chi connectivity index (χ1n) is 6.46. The van der Waals surface area contributed by atoms with Crippen LogP contribution in [0, 0.1) is 0 Å². The van der Waals surface area contributed by atoms with Crippen LogP contribution in [-0.2, 0) is 14.8 Å². The van der Waals surface area contributed by atoms with Crippen molar-refractivity contribution in [2.75, 3.05) is 46.4 Å². The van der Waals surface area contributed by atoms with Crippen molar-refractivity contribution in [1.29, 1.82) is 0 Å². The van der Waals surface area contributed by atoms with Crippen molar-refractivity contribution in [3.8, 4) is 0 Å². The summed E-state index contributed by atoms with van der Waals surface area (Å²) in [6.45, 7) is 7.96. The van der Waals surface area contributed by atoms with Crippen LogP contribution in [0.4, 0.5) is 0 Å². The predicted molar refractivity (Wildman–Crippen MR) is 72.2 cm³/mol. The molecule has 0 aromatic carbocycles. The summed E-state index contributed by atoms with van der Waals surface area (Å²) in [7, 11) is -1.51. The Morgan fingerprint density at radius 1 is 1.50 bits per heavy atom. The molecule has 1 aliphatic heterocycles. The predicted octanol–water partition coefficient (Wildman–Crippen LogP) is -0.766. The van der Waals surface area contributed by atoms with Crippen LogP contribution < -0.4 is 10.0 Å². The Morgan fingerprint density at radius 3 is 2.83 bits per heavy atom. The molecule has 1 saturated heterocycles. The third-order valence-electron chi connectivity index (χ3n) is 3.20. The second-order valence-corrected chi connectivity index (χ2v) is 6.83. The smallest absolute Gasteiger partial charge is 0.215 e. The van der Waals surface area contributed by atoms with E-state index in [1.54, 1.807) is 14.0 Å². The minimum atomic E-state index is -3.26. The number of nitrogens with one attached hydrogen (secondary N) is 2. The number of nitrogens with zero attached hydrogens (tertiary/aromatic N) is 1. The first-order chi connectivity index (χ1) is 8.49. The highest BCUT2D eigenvalue weighted by Crippen LogP contribution is 2.05. The zero-order valence-corrected chi connectivity index (χ0v) is 12.3. The van der Waals surface area contributed by atoms with Gasteiger partial charge in [0.2, 0.25) is 10.0 Å². The van der Waals surface area contributed by atoms with Crippen molar-refractivity contribution in [3.05, 3.63) is 0 Å². The quantitative estimate of drug-likeness (QED) is 0.641. The SMILES string of the molecule is CCN1CCOC(CNS(=O)(=O)C(C)CNC)C1. The van der Waals surface area contributed by atoms with Crippen LogP contribution in [0.25, 0.3) is 0 Å². The fraction of sp³-hybridized carbons (Fsp3) is 1.00. The van der Waals surface area contributed by atoms with Gasteiger partial charge in [-0.05, 0) is 20.5 Å². The number of hydrogen-bond acceptors (Lipinski definition) is 5. The third-order valence-corrected chi connectivity index (χ3v) is 5.00. The molecule has 0 bridgehead atoms. The second kappa shape index (κ2) is 7.40. The van der Waals surface area contributed by atoms with Gasteiger partial charge in [0.05, 0.1) is 18.0 Å². The molecule has 6 nitrogen and oxygen atoms in total. The van der Waals surface area contributed by atoms with E-state index in [1.165, 1.54) is 0 Å². The van der Waals surface area contributed by atoms with Gasteiger partial charge < -0.3 is 10.1 Å². The number of ether oxygens (including phenoxy) is 1. The lowest BCUT2D eigenvalue weighted by Gasteiger charge is -2.32. The minimum Gasteiger partial charge on any atom is -0.374 e. The van der Waals surface area contributed by atoms with E-state index < -0.39 is 15.3 Å². The molecule has 7 heteroatoms. The van der Waals surface area contributed by atoms with Crippen molar-refractivity contribution in [3.63, 3.8) is 0 Å². The summed E-state index contributed by atoms with van der Waals surface area (Å²) in [5.74, 6) is 0. The monoisotopic (exact) mass is 279 g/mol. The zero-order chi connectivity index (χ0) is 13.6. The summed E-state index contributed by atoms with van der Waals surface area (Å²) in [6.07, 6.45) is -0.0461. The molecule has 2 unspecified atom stereocenters. The number of likely N-dealkylation sites (N-methyl/N-ethyl adjacent to an activating group) is 1. The van der Waals surface area contributed by atoms with Crippen LogP contribution in [-0.4, -0.2) is 71.0 Å². The fourth-order valence-corrected chi connectivity index (χ4v) is 3.03. The Balaban J connectivity index is 2.39. The Bertz CT molecular complexity index is 334. The average Bonchev–Trinajstić information content (AvgIpc) is 2.37. The normalized spacial score (nSPS) is 24.1. The lowest BCUT2D eigenvalue weighted by molar-refractivity contribution is -0.0229. The van der Waals surface area contributed by atoms with E-state index in [9.17, 15) is 8.42 Å². The maximum atomic E-state index is 11.9. The van der Waals surface area contributed by atoms with Crippen molar-refractivity contribution in [2.45, 2.75) is 25.2 Å². The van der Waals surface area contributed by atoms with Crippen molar-refractivity contribution >= 4 is 10.0 Å². The lowest BCUT2D eigenvalue weighted by atomic mass is 10.3.